The van der Waals surface area contributed by atoms with Crippen molar-refractivity contribution in [1.82, 2.24) is 19.8 Å². The van der Waals surface area contributed by atoms with Crippen molar-refractivity contribution in [3.8, 4) is 11.3 Å². The lowest BCUT2D eigenvalue weighted by Crippen LogP contribution is -2.44. The molecule has 2 fully saturated rings. The number of anilines is 2. The number of piperazine rings is 1. The number of likely N-dealkylation sites (N-methyl/N-ethyl adjacent to an activating group) is 1. The predicted molar refractivity (Wildman–Crippen MR) is 136 cm³/mol. The summed E-state index contributed by atoms with van der Waals surface area (Å²) >= 11 is 0. The SMILES string of the molecule is CC(C(=O)N1CCc2ccc(-c3cc(N4CCN(C)CC4)nc(N)n3)cc2C1)C1CCCCC1. The van der Waals surface area contributed by atoms with Gasteiger partial charge in [-0.1, -0.05) is 38.3 Å². The zero-order valence-electron chi connectivity index (χ0n) is 20.7. The van der Waals surface area contributed by atoms with Crippen LogP contribution in [-0.2, 0) is 17.8 Å². The van der Waals surface area contributed by atoms with Gasteiger partial charge in [-0.25, -0.2) is 4.98 Å². The first kappa shape index (κ1) is 23.1. The third-order valence-corrected chi connectivity index (χ3v) is 8.13. The summed E-state index contributed by atoms with van der Waals surface area (Å²) in [7, 11) is 2.15. The van der Waals surface area contributed by atoms with Gasteiger partial charge in [0, 0.05) is 56.8 Å². The molecule has 3 aliphatic rings. The van der Waals surface area contributed by atoms with Gasteiger partial charge in [0.25, 0.3) is 0 Å². The first-order valence-corrected chi connectivity index (χ1v) is 13.0. The molecule has 0 radical (unpaired) electrons. The number of hydrogen-bond acceptors (Lipinski definition) is 6. The first-order valence-electron chi connectivity index (χ1n) is 13.0. The molecule has 1 saturated carbocycles. The van der Waals surface area contributed by atoms with Crippen molar-refractivity contribution in [1.29, 1.82) is 0 Å². The molecule has 1 saturated heterocycles. The molecule has 1 amide bonds. The highest BCUT2D eigenvalue weighted by Crippen LogP contribution is 2.33. The fraction of sp³-hybridized carbons (Fsp3) is 0.593. The highest BCUT2D eigenvalue weighted by Gasteiger charge is 2.30. The fourth-order valence-electron chi connectivity index (χ4n) is 5.83. The molecule has 182 valence electrons. The number of nitrogen functional groups attached to an aromatic ring is 1. The second-order valence-corrected chi connectivity index (χ2v) is 10.4. The Morgan fingerprint density at radius 1 is 1.00 bits per heavy atom. The van der Waals surface area contributed by atoms with Crippen molar-refractivity contribution in [2.24, 2.45) is 11.8 Å². The topological polar surface area (TPSA) is 78.6 Å². The van der Waals surface area contributed by atoms with Crippen LogP contribution in [-0.4, -0.2) is 65.4 Å². The summed E-state index contributed by atoms with van der Waals surface area (Å²) < 4.78 is 0. The van der Waals surface area contributed by atoms with Gasteiger partial charge in [0.15, 0.2) is 0 Å². The quantitative estimate of drug-likeness (QED) is 0.748. The number of benzene rings is 1. The second-order valence-electron chi connectivity index (χ2n) is 10.4. The Morgan fingerprint density at radius 2 is 1.76 bits per heavy atom. The number of fused-ring (bicyclic) bond motifs is 1. The summed E-state index contributed by atoms with van der Waals surface area (Å²) in [5, 5.41) is 0. The summed E-state index contributed by atoms with van der Waals surface area (Å²) in [4.78, 5) is 29.1. The molecule has 0 spiro atoms. The van der Waals surface area contributed by atoms with Crippen LogP contribution >= 0.6 is 0 Å². The zero-order chi connectivity index (χ0) is 23.7. The van der Waals surface area contributed by atoms with E-state index >= 15 is 0 Å². The fourth-order valence-corrected chi connectivity index (χ4v) is 5.83. The maximum absolute atomic E-state index is 13.3. The second kappa shape index (κ2) is 9.90. The van der Waals surface area contributed by atoms with Crippen LogP contribution in [0.2, 0.25) is 0 Å². The minimum atomic E-state index is 0.123. The van der Waals surface area contributed by atoms with E-state index in [4.69, 9.17) is 5.73 Å². The molecule has 2 N–H and O–H groups in total. The average molecular weight is 463 g/mol. The van der Waals surface area contributed by atoms with Gasteiger partial charge in [0.2, 0.25) is 11.9 Å². The van der Waals surface area contributed by atoms with E-state index in [9.17, 15) is 4.79 Å². The lowest BCUT2D eigenvalue weighted by Gasteiger charge is -2.35. The molecular formula is C27H38N6O. The van der Waals surface area contributed by atoms with E-state index in [1.165, 1.54) is 43.2 Å². The monoisotopic (exact) mass is 462 g/mol. The van der Waals surface area contributed by atoms with Gasteiger partial charge in [-0.3, -0.25) is 4.79 Å². The normalized spacial score (nSPS) is 20.8. The molecule has 1 unspecified atom stereocenters. The van der Waals surface area contributed by atoms with Crippen molar-refractivity contribution in [2.75, 3.05) is 50.4 Å². The van der Waals surface area contributed by atoms with E-state index in [0.29, 0.717) is 24.3 Å². The summed E-state index contributed by atoms with van der Waals surface area (Å²) in [5.41, 5.74) is 10.6. The van der Waals surface area contributed by atoms with Gasteiger partial charge in [-0.15, -0.1) is 0 Å². The van der Waals surface area contributed by atoms with Crippen LogP contribution < -0.4 is 10.6 Å². The number of nitrogens with zero attached hydrogens (tertiary/aromatic N) is 5. The molecule has 1 aliphatic carbocycles. The number of rotatable bonds is 4. The van der Waals surface area contributed by atoms with Crippen LogP contribution in [0.3, 0.4) is 0 Å². The van der Waals surface area contributed by atoms with Gasteiger partial charge >= 0.3 is 0 Å². The van der Waals surface area contributed by atoms with Crippen molar-refractivity contribution in [3.63, 3.8) is 0 Å². The van der Waals surface area contributed by atoms with Gasteiger partial charge in [0.1, 0.15) is 5.82 Å². The van der Waals surface area contributed by atoms with Crippen LogP contribution in [0.1, 0.15) is 50.2 Å². The molecular weight excluding hydrogens is 424 g/mol. The van der Waals surface area contributed by atoms with E-state index < -0.39 is 0 Å². The molecule has 2 aromatic rings. The molecule has 1 aromatic carbocycles. The average Bonchev–Trinajstić information content (AvgIpc) is 2.87. The maximum atomic E-state index is 13.3. The molecule has 3 heterocycles. The van der Waals surface area contributed by atoms with Gasteiger partial charge in [-0.05, 0) is 49.4 Å². The van der Waals surface area contributed by atoms with Crippen LogP contribution in [0, 0.1) is 11.8 Å². The highest BCUT2D eigenvalue weighted by atomic mass is 16.2. The van der Waals surface area contributed by atoms with Crippen molar-refractivity contribution in [3.05, 3.63) is 35.4 Å². The van der Waals surface area contributed by atoms with Crippen LogP contribution in [0.15, 0.2) is 24.3 Å². The number of hydrogen-bond donors (Lipinski definition) is 1. The van der Waals surface area contributed by atoms with Gasteiger partial charge < -0.3 is 20.4 Å². The molecule has 0 bridgehead atoms. The maximum Gasteiger partial charge on any atom is 0.225 e. The number of aromatic nitrogens is 2. The van der Waals surface area contributed by atoms with E-state index in [1.807, 2.05) is 0 Å². The lowest BCUT2D eigenvalue weighted by atomic mass is 9.80. The van der Waals surface area contributed by atoms with Gasteiger partial charge in [0.05, 0.1) is 5.69 Å². The molecule has 2 aliphatic heterocycles. The minimum absolute atomic E-state index is 0.123. The minimum Gasteiger partial charge on any atom is -0.368 e. The van der Waals surface area contributed by atoms with Crippen molar-refractivity contribution >= 4 is 17.7 Å². The molecule has 34 heavy (non-hydrogen) atoms. The highest BCUT2D eigenvalue weighted by molar-refractivity contribution is 5.79. The molecule has 5 rings (SSSR count). The number of carbonyl (C=O) groups is 1. The summed E-state index contributed by atoms with van der Waals surface area (Å²) in [6.45, 7) is 7.55. The third kappa shape index (κ3) is 4.90. The lowest BCUT2D eigenvalue weighted by molar-refractivity contribution is -0.138. The zero-order valence-corrected chi connectivity index (χ0v) is 20.7. The molecule has 1 aromatic heterocycles. The van der Waals surface area contributed by atoms with Crippen molar-refractivity contribution < 1.29 is 4.79 Å². The Morgan fingerprint density at radius 3 is 2.53 bits per heavy atom. The number of amides is 1. The summed E-state index contributed by atoms with van der Waals surface area (Å²) in [6, 6.07) is 8.59. The largest absolute Gasteiger partial charge is 0.368 e. The predicted octanol–water partition coefficient (Wildman–Crippen LogP) is 3.58. The molecule has 7 heteroatoms. The smallest absolute Gasteiger partial charge is 0.225 e. The Labute approximate surface area is 203 Å². The van der Waals surface area contributed by atoms with Crippen LogP contribution in [0.4, 0.5) is 11.8 Å². The van der Waals surface area contributed by atoms with Gasteiger partial charge in [-0.2, -0.15) is 4.98 Å². The van der Waals surface area contributed by atoms with E-state index in [2.05, 4.69) is 62.9 Å². The Bertz CT molecular complexity index is 1030. The third-order valence-electron chi connectivity index (χ3n) is 8.13. The first-order chi connectivity index (χ1) is 16.5. The van der Waals surface area contributed by atoms with E-state index in [1.54, 1.807) is 0 Å². The molecule has 7 nitrogen and oxygen atoms in total. The molecule has 1 atom stereocenters. The van der Waals surface area contributed by atoms with E-state index in [-0.39, 0.29) is 5.92 Å². The van der Waals surface area contributed by atoms with Crippen molar-refractivity contribution in [2.45, 2.75) is 52.0 Å². The standard InChI is InChI=1S/C27H38N6O/c1-19(20-6-4-3-5-7-20)26(34)33-11-10-21-8-9-22(16-23(21)18-33)24-17-25(30-27(28)29-24)32-14-12-31(2)13-15-32/h8-9,16-17,19-20H,3-7,10-15,18H2,1-2H3,(H2,28,29,30). The van der Waals surface area contributed by atoms with Crippen LogP contribution in [0.25, 0.3) is 11.3 Å². The number of nitrogens with two attached hydrogens (primary N) is 1. The Balaban J connectivity index is 1.34. The van der Waals surface area contributed by atoms with E-state index in [0.717, 1.165) is 56.2 Å². The summed E-state index contributed by atoms with van der Waals surface area (Å²) in [5.74, 6) is 2.20. The summed E-state index contributed by atoms with van der Waals surface area (Å²) in [6.07, 6.45) is 7.18. The Kier molecular flexibility index (Phi) is 6.73. The number of carbonyl (C=O) groups excluding carboxylic acids is 1. The van der Waals surface area contributed by atoms with Crippen LogP contribution in [0.5, 0.6) is 0 Å². The Hall–Kier alpha value is -2.67.